The number of fused-ring (bicyclic) bond motifs is 1. The van der Waals surface area contributed by atoms with E-state index in [1.54, 1.807) is 30.1 Å². The molecule has 1 amide bonds. The van der Waals surface area contributed by atoms with Crippen molar-refractivity contribution in [2.75, 3.05) is 18.6 Å². The molecule has 5 nitrogen and oxygen atoms in total. The zero-order valence-electron chi connectivity index (χ0n) is 16.2. The zero-order chi connectivity index (χ0) is 20.3. The van der Waals surface area contributed by atoms with Gasteiger partial charge in [-0.25, -0.2) is 4.79 Å². The third-order valence-electron chi connectivity index (χ3n) is 5.37. The van der Waals surface area contributed by atoms with Crippen LogP contribution >= 0.6 is 11.8 Å². The van der Waals surface area contributed by atoms with Gasteiger partial charge in [-0.3, -0.25) is 9.78 Å². The van der Waals surface area contributed by atoms with E-state index < -0.39 is 5.54 Å². The van der Waals surface area contributed by atoms with Crippen LogP contribution in [0.15, 0.2) is 60.8 Å². The van der Waals surface area contributed by atoms with Crippen LogP contribution in [-0.2, 0) is 9.53 Å². The molecule has 1 N–H and O–H groups in total. The second kappa shape index (κ2) is 8.25. The van der Waals surface area contributed by atoms with Crippen molar-refractivity contribution >= 4 is 34.5 Å². The Morgan fingerprint density at radius 1 is 1.03 bits per heavy atom. The molecule has 1 saturated heterocycles. The maximum atomic E-state index is 12.9. The predicted molar refractivity (Wildman–Crippen MR) is 116 cm³/mol. The molecular formula is C23H22N2O3S. The highest BCUT2D eigenvalue weighted by molar-refractivity contribution is 7.99. The number of para-hydroxylation sites is 1. The number of rotatable bonds is 4. The molecule has 6 heteroatoms. The maximum Gasteiger partial charge on any atom is 0.331 e. The second-order valence-electron chi connectivity index (χ2n) is 7.10. The number of nitrogens with one attached hydrogen (secondary N) is 1. The molecule has 2 heterocycles. The van der Waals surface area contributed by atoms with E-state index in [1.807, 2.05) is 42.5 Å². The predicted octanol–water partition coefficient (Wildman–Crippen LogP) is 4.07. The van der Waals surface area contributed by atoms with E-state index in [0.29, 0.717) is 18.4 Å². The minimum absolute atomic E-state index is 0.259. The summed E-state index contributed by atoms with van der Waals surface area (Å²) in [4.78, 5) is 29.7. The van der Waals surface area contributed by atoms with E-state index in [0.717, 1.165) is 33.5 Å². The monoisotopic (exact) mass is 406 g/mol. The van der Waals surface area contributed by atoms with Gasteiger partial charge in [0, 0.05) is 22.7 Å². The van der Waals surface area contributed by atoms with E-state index >= 15 is 0 Å². The van der Waals surface area contributed by atoms with Gasteiger partial charge in [0.05, 0.1) is 12.6 Å². The van der Waals surface area contributed by atoms with Gasteiger partial charge in [-0.2, -0.15) is 11.8 Å². The Morgan fingerprint density at radius 2 is 1.76 bits per heavy atom. The van der Waals surface area contributed by atoms with Crippen LogP contribution in [0.2, 0.25) is 0 Å². The van der Waals surface area contributed by atoms with Gasteiger partial charge < -0.3 is 10.1 Å². The van der Waals surface area contributed by atoms with Crippen LogP contribution in [0.5, 0.6) is 0 Å². The topological polar surface area (TPSA) is 68.3 Å². The fourth-order valence-electron chi connectivity index (χ4n) is 3.72. The van der Waals surface area contributed by atoms with Crippen molar-refractivity contribution in [2.24, 2.45) is 0 Å². The molecule has 0 atom stereocenters. The summed E-state index contributed by atoms with van der Waals surface area (Å²) in [5, 5.41) is 4.02. The van der Waals surface area contributed by atoms with Crippen LogP contribution in [0.3, 0.4) is 0 Å². The summed E-state index contributed by atoms with van der Waals surface area (Å²) in [6, 6.07) is 17.4. The number of nitrogens with zero attached hydrogens (tertiary/aromatic N) is 1. The molecule has 1 fully saturated rings. The van der Waals surface area contributed by atoms with E-state index in [-0.39, 0.29) is 11.9 Å². The first-order chi connectivity index (χ1) is 14.1. The summed E-state index contributed by atoms with van der Waals surface area (Å²) >= 11 is 1.78. The second-order valence-corrected chi connectivity index (χ2v) is 8.32. The minimum atomic E-state index is -0.935. The SMILES string of the molecule is COC(=O)C1(NC(=O)c2ccc(-c3cccc4cccnc34)cc2)CCSCC1. The van der Waals surface area contributed by atoms with E-state index in [1.165, 1.54) is 7.11 Å². The molecule has 0 spiro atoms. The number of thioether (sulfide) groups is 1. The lowest BCUT2D eigenvalue weighted by atomic mass is 9.91. The fourth-order valence-corrected chi connectivity index (χ4v) is 4.91. The zero-order valence-corrected chi connectivity index (χ0v) is 17.0. The molecule has 148 valence electrons. The number of benzene rings is 2. The molecule has 0 radical (unpaired) electrons. The van der Waals surface area contributed by atoms with Gasteiger partial charge in [-0.05, 0) is 48.1 Å². The summed E-state index contributed by atoms with van der Waals surface area (Å²) in [6.45, 7) is 0. The lowest BCUT2D eigenvalue weighted by Gasteiger charge is -2.34. The van der Waals surface area contributed by atoms with Crippen LogP contribution in [0.4, 0.5) is 0 Å². The van der Waals surface area contributed by atoms with Crippen molar-refractivity contribution in [3.05, 3.63) is 66.4 Å². The summed E-state index contributed by atoms with van der Waals surface area (Å²) in [6.07, 6.45) is 2.94. The standard InChI is InChI=1S/C23H22N2O3S/c1-28-22(27)23(11-14-29-15-12-23)25-21(26)18-9-7-16(8-10-18)19-6-2-4-17-5-3-13-24-20(17)19/h2-10,13H,11-12,14-15H2,1H3,(H,25,26). The van der Waals surface area contributed by atoms with Gasteiger partial charge in [-0.1, -0.05) is 36.4 Å². The molecule has 0 bridgehead atoms. The van der Waals surface area contributed by atoms with Crippen molar-refractivity contribution in [1.29, 1.82) is 0 Å². The summed E-state index contributed by atoms with van der Waals surface area (Å²) < 4.78 is 4.98. The average molecular weight is 407 g/mol. The molecule has 0 saturated carbocycles. The number of methoxy groups -OCH3 is 1. The fraction of sp³-hybridized carbons (Fsp3) is 0.261. The number of carbonyl (C=O) groups excluding carboxylic acids is 2. The van der Waals surface area contributed by atoms with Crippen molar-refractivity contribution in [1.82, 2.24) is 10.3 Å². The summed E-state index contributed by atoms with van der Waals surface area (Å²) in [5.74, 6) is 1.01. The van der Waals surface area contributed by atoms with Crippen molar-refractivity contribution in [3.63, 3.8) is 0 Å². The van der Waals surface area contributed by atoms with Gasteiger partial charge >= 0.3 is 5.97 Å². The van der Waals surface area contributed by atoms with E-state index in [2.05, 4.69) is 10.3 Å². The van der Waals surface area contributed by atoms with Crippen LogP contribution in [0.25, 0.3) is 22.0 Å². The lowest BCUT2D eigenvalue weighted by Crippen LogP contribution is -2.57. The Hall–Kier alpha value is -2.86. The van der Waals surface area contributed by atoms with Gasteiger partial charge in [0.2, 0.25) is 0 Å². The highest BCUT2D eigenvalue weighted by Crippen LogP contribution is 2.30. The van der Waals surface area contributed by atoms with Crippen LogP contribution in [0.1, 0.15) is 23.2 Å². The first kappa shape index (κ1) is 19.5. The van der Waals surface area contributed by atoms with Crippen molar-refractivity contribution in [2.45, 2.75) is 18.4 Å². The van der Waals surface area contributed by atoms with Crippen molar-refractivity contribution in [3.8, 4) is 11.1 Å². The molecule has 1 aliphatic rings. The highest BCUT2D eigenvalue weighted by Gasteiger charge is 2.42. The van der Waals surface area contributed by atoms with Crippen LogP contribution < -0.4 is 5.32 Å². The van der Waals surface area contributed by atoms with E-state index in [9.17, 15) is 9.59 Å². The van der Waals surface area contributed by atoms with Crippen LogP contribution in [-0.4, -0.2) is 41.0 Å². The van der Waals surface area contributed by atoms with Crippen molar-refractivity contribution < 1.29 is 14.3 Å². The first-order valence-corrected chi connectivity index (χ1v) is 10.7. The minimum Gasteiger partial charge on any atom is -0.467 e. The van der Waals surface area contributed by atoms with Gasteiger partial charge in [0.15, 0.2) is 0 Å². The highest BCUT2D eigenvalue weighted by atomic mass is 32.2. The Morgan fingerprint density at radius 3 is 2.48 bits per heavy atom. The third kappa shape index (κ3) is 3.85. The van der Waals surface area contributed by atoms with E-state index in [4.69, 9.17) is 4.74 Å². The average Bonchev–Trinajstić information content (AvgIpc) is 2.78. The molecule has 1 aliphatic heterocycles. The Balaban J connectivity index is 1.59. The molecule has 3 aromatic rings. The molecule has 1 aromatic heterocycles. The van der Waals surface area contributed by atoms with Gasteiger partial charge in [-0.15, -0.1) is 0 Å². The Bertz CT molecular complexity index is 1040. The molecular weight excluding hydrogens is 384 g/mol. The first-order valence-electron chi connectivity index (χ1n) is 9.56. The third-order valence-corrected chi connectivity index (χ3v) is 6.35. The normalized spacial score (nSPS) is 15.6. The Kier molecular flexibility index (Phi) is 5.53. The quantitative estimate of drug-likeness (QED) is 0.662. The summed E-state index contributed by atoms with van der Waals surface area (Å²) in [7, 11) is 1.37. The number of hydrogen-bond donors (Lipinski definition) is 1. The Labute approximate surface area is 173 Å². The number of carbonyl (C=O) groups is 2. The summed E-state index contributed by atoms with van der Waals surface area (Å²) in [5.41, 5.74) is 2.52. The molecule has 29 heavy (non-hydrogen) atoms. The number of pyridine rings is 1. The van der Waals surface area contributed by atoms with Crippen LogP contribution in [0, 0.1) is 0 Å². The van der Waals surface area contributed by atoms with Gasteiger partial charge in [0.25, 0.3) is 5.91 Å². The molecule has 0 unspecified atom stereocenters. The number of esters is 1. The number of ether oxygens (including phenoxy) is 1. The smallest absolute Gasteiger partial charge is 0.331 e. The largest absolute Gasteiger partial charge is 0.467 e. The maximum absolute atomic E-state index is 12.9. The molecule has 2 aromatic carbocycles. The molecule has 0 aliphatic carbocycles. The lowest BCUT2D eigenvalue weighted by molar-refractivity contribution is -0.148. The molecule has 4 rings (SSSR count). The van der Waals surface area contributed by atoms with Gasteiger partial charge in [0.1, 0.15) is 5.54 Å². The number of aromatic nitrogens is 1. The number of hydrogen-bond acceptors (Lipinski definition) is 5. The number of amides is 1.